The molecular formula is C19H19F3N6O2. The number of fused-ring (bicyclic) bond motifs is 1. The summed E-state index contributed by atoms with van der Waals surface area (Å²) in [7, 11) is 1.43. The number of amides is 1. The maximum absolute atomic E-state index is 13.5. The molecule has 8 nitrogen and oxygen atoms in total. The fourth-order valence-corrected chi connectivity index (χ4v) is 3.53. The molecule has 0 aliphatic carbocycles. The molecule has 1 atom stereocenters. The second-order valence-corrected chi connectivity index (χ2v) is 7.02. The molecule has 3 aromatic heterocycles. The lowest BCUT2D eigenvalue weighted by Crippen LogP contribution is -2.28. The van der Waals surface area contributed by atoms with Gasteiger partial charge in [0, 0.05) is 43.2 Å². The summed E-state index contributed by atoms with van der Waals surface area (Å²) < 4.78 is 46.1. The fourth-order valence-electron chi connectivity index (χ4n) is 3.53. The number of hydrogen-bond donors (Lipinski definition) is 0. The third kappa shape index (κ3) is 3.66. The first-order valence-corrected chi connectivity index (χ1v) is 9.42. The number of likely N-dealkylation sites (tertiary alicyclic amines) is 1. The zero-order chi connectivity index (χ0) is 21.5. The lowest BCUT2D eigenvalue weighted by molar-refractivity contribution is -0.142. The molecule has 1 amide bonds. The van der Waals surface area contributed by atoms with Gasteiger partial charge in [-0.25, -0.2) is 19.5 Å². The van der Waals surface area contributed by atoms with Gasteiger partial charge in [0.15, 0.2) is 5.65 Å². The predicted molar refractivity (Wildman–Crippen MR) is 99.2 cm³/mol. The number of halogens is 3. The van der Waals surface area contributed by atoms with Crippen LogP contribution in [0.2, 0.25) is 0 Å². The van der Waals surface area contributed by atoms with Crippen LogP contribution in [-0.4, -0.2) is 55.6 Å². The van der Waals surface area contributed by atoms with Crippen molar-refractivity contribution >= 4 is 11.6 Å². The summed E-state index contributed by atoms with van der Waals surface area (Å²) >= 11 is 0. The van der Waals surface area contributed by atoms with E-state index in [9.17, 15) is 18.0 Å². The molecule has 0 N–H and O–H groups in total. The molecule has 0 aromatic carbocycles. The molecule has 1 saturated heterocycles. The van der Waals surface area contributed by atoms with Crippen molar-refractivity contribution in [2.45, 2.75) is 31.9 Å². The quantitative estimate of drug-likeness (QED) is 0.645. The van der Waals surface area contributed by atoms with Crippen LogP contribution in [0.15, 0.2) is 24.5 Å². The molecule has 0 bridgehead atoms. The molecule has 1 fully saturated rings. The summed E-state index contributed by atoms with van der Waals surface area (Å²) in [6.45, 7) is 2.56. The van der Waals surface area contributed by atoms with Crippen LogP contribution < -0.4 is 4.74 Å². The van der Waals surface area contributed by atoms with E-state index in [2.05, 4.69) is 20.1 Å². The van der Waals surface area contributed by atoms with Crippen LogP contribution >= 0.6 is 0 Å². The van der Waals surface area contributed by atoms with Gasteiger partial charge in [0.1, 0.15) is 5.69 Å². The fraction of sp³-hybridized carbons (Fsp3) is 0.421. The van der Waals surface area contributed by atoms with Gasteiger partial charge in [0.25, 0.3) is 5.91 Å². The number of aromatic nitrogens is 5. The van der Waals surface area contributed by atoms with Crippen molar-refractivity contribution < 1.29 is 22.7 Å². The first-order valence-electron chi connectivity index (χ1n) is 9.42. The van der Waals surface area contributed by atoms with Crippen molar-refractivity contribution in [1.82, 2.24) is 29.5 Å². The molecule has 0 spiro atoms. The highest BCUT2D eigenvalue weighted by molar-refractivity contribution is 5.93. The van der Waals surface area contributed by atoms with E-state index < -0.39 is 11.9 Å². The number of carbonyl (C=O) groups is 1. The van der Waals surface area contributed by atoms with Gasteiger partial charge >= 0.3 is 12.2 Å². The number of aryl methyl sites for hydroxylation is 1. The number of ether oxygens (including phenoxy) is 1. The van der Waals surface area contributed by atoms with Crippen LogP contribution in [0.5, 0.6) is 6.01 Å². The van der Waals surface area contributed by atoms with E-state index in [4.69, 9.17) is 4.74 Å². The summed E-state index contributed by atoms with van der Waals surface area (Å²) in [5, 5.41) is 4.18. The lowest BCUT2D eigenvalue weighted by atomic mass is 10.1. The van der Waals surface area contributed by atoms with Crippen LogP contribution in [0.25, 0.3) is 5.65 Å². The van der Waals surface area contributed by atoms with Gasteiger partial charge < -0.3 is 9.64 Å². The first-order chi connectivity index (χ1) is 14.3. The van der Waals surface area contributed by atoms with Gasteiger partial charge in [0.05, 0.1) is 18.4 Å². The zero-order valence-electron chi connectivity index (χ0n) is 16.3. The van der Waals surface area contributed by atoms with Gasteiger partial charge in [-0.15, -0.1) is 0 Å². The molecule has 11 heteroatoms. The van der Waals surface area contributed by atoms with Crippen LogP contribution in [0.1, 0.15) is 46.7 Å². The molecule has 30 heavy (non-hydrogen) atoms. The van der Waals surface area contributed by atoms with E-state index in [0.717, 1.165) is 10.6 Å². The van der Waals surface area contributed by atoms with E-state index in [1.54, 1.807) is 17.9 Å². The Morgan fingerprint density at radius 2 is 2.00 bits per heavy atom. The Morgan fingerprint density at radius 3 is 2.63 bits per heavy atom. The largest absolute Gasteiger partial charge is 0.467 e. The van der Waals surface area contributed by atoms with Crippen LogP contribution in [0.4, 0.5) is 13.2 Å². The number of carbonyl (C=O) groups excluding carboxylic acids is 1. The first kappa shape index (κ1) is 20.0. The molecular weight excluding hydrogens is 401 g/mol. The summed E-state index contributed by atoms with van der Waals surface area (Å²) in [5.74, 6) is -0.424. The molecule has 0 saturated carbocycles. The maximum Gasteiger partial charge on any atom is 0.433 e. The smallest absolute Gasteiger partial charge is 0.433 e. The van der Waals surface area contributed by atoms with Crippen molar-refractivity contribution in [1.29, 1.82) is 0 Å². The van der Waals surface area contributed by atoms with Gasteiger partial charge in [-0.1, -0.05) is 6.92 Å². The number of alkyl halides is 3. The second-order valence-electron chi connectivity index (χ2n) is 7.02. The standard InChI is InChI=1S/C19H19F3N6O2/c1-3-13-6-15(19(20,21)22)28-16(25-13)7-14(26-28)11-4-5-27(10-11)17(29)12-8-23-18(30-2)24-9-12/h6-9,11H,3-5,10H2,1-2H3/t11-/m1/s1. The Kier molecular flexibility index (Phi) is 5.04. The summed E-state index contributed by atoms with van der Waals surface area (Å²) in [4.78, 5) is 26.4. The topological polar surface area (TPSA) is 85.5 Å². The monoisotopic (exact) mass is 420 g/mol. The van der Waals surface area contributed by atoms with Crippen molar-refractivity contribution in [2.24, 2.45) is 0 Å². The molecule has 0 radical (unpaired) electrons. The minimum Gasteiger partial charge on any atom is -0.467 e. The van der Waals surface area contributed by atoms with Gasteiger partial charge in [-0.05, 0) is 18.9 Å². The highest BCUT2D eigenvalue weighted by Gasteiger charge is 2.36. The molecule has 4 rings (SSSR count). The minimum atomic E-state index is -4.54. The van der Waals surface area contributed by atoms with Gasteiger partial charge in [-0.2, -0.15) is 18.3 Å². The molecule has 1 aliphatic heterocycles. The average Bonchev–Trinajstić information content (AvgIpc) is 3.38. The van der Waals surface area contributed by atoms with Crippen molar-refractivity contribution in [2.75, 3.05) is 20.2 Å². The number of nitrogens with zero attached hydrogens (tertiary/aromatic N) is 6. The highest BCUT2D eigenvalue weighted by Crippen LogP contribution is 2.32. The third-order valence-corrected chi connectivity index (χ3v) is 5.10. The van der Waals surface area contributed by atoms with Crippen molar-refractivity contribution in [3.8, 4) is 6.01 Å². The predicted octanol–water partition coefficient (Wildman–Crippen LogP) is 2.74. The zero-order valence-corrected chi connectivity index (χ0v) is 16.3. The van der Waals surface area contributed by atoms with Crippen molar-refractivity contribution in [3.05, 3.63) is 47.2 Å². The number of rotatable bonds is 4. The molecule has 3 aromatic rings. The Morgan fingerprint density at radius 1 is 1.27 bits per heavy atom. The summed E-state index contributed by atoms with van der Waals surface area (Å²) in [5.41, 5.74) is 0.466. The SMILES string of the molecule is CCc1cc(C(F)(F)F)n2nc([C@@H]3CCN(C(=O)c4cnc(OC)nc4)C3)cc2n1. The Balaban J connectivity index is 1.58. The third-order valence-electron chi connectivity index (χ3n) is 5.10. The van der Waals surface area contributed by atoms with Crippen LogP contribution in [-0.2, 0) is 12.6 Å². The molecule has 0 unspecified atom stereocenters. The normalized spacial score (nSPS) is 17.0. The second kappa shape index (κ2) is 7.54. The molecule has 4 heterocycles. The number of methoxy groups -OCH3 is 1. The van der Waals surface area contributed by atoms with Crippen LogP contribution in [0.3, 0.4) is 0 Å². The van der Waals surface area contributed by atoms with Gasteiger partial charge in [0.2, 0.25) is 0 Å². The summed E-state index contributed by atoms with van der Waals surface area (Å²) in [6, 6.07) is 2.76. The number of hydrogen-bond acceptors (Lipinski definition) is 6. The van der Waals surface area contributed by atoms with Crippen LogP contribution in [0, 0.1) is 0 Å². The molecule has 1 aliphatic rings. The lowest BCUT2D eigenvalue weighted by Gasteiger charge is -2.15. The Bertz CT molecular complexity index is 1080. The van der Waals surface area contributed by atoms with Gasteiger partial charge in [-0.3, -0.25) is 4.79 Å². The molecule has 158 valence electrons. The Hall–Kier alpha value is -3.24. The van der Waals surface area contributed by atoms with Crippen molar-refractivity contribution in [3.63, 3.8) is 0 Å². The van der Waals surface area contributed by atoms with E-state index in [1.807, 2.05) is 0 Å². The average molecular weight is 420 g/mol. The highest BCUT2D eigenvalue weighted by atomic mass is 19.4. The minimum absolute atomic E-state index is 0.157. The Labute approximate surface area is 169 Å². The van der Waals surface area contributed by atoms with E-state index in [-0.39, 0.29) is 23.5 Å². The summed E-state index contributed by atoms with van der Waals surface area (Å²) in [6.07, 6.45) is -0.790. The van der Waals surface area contributed by atoms with E-state index in [1.165, 1.54) is 19.5 Å². The van der Waals surface area contributed by atoms with E-state index in [0.29, 0.717) is 42.9 Å². The van der Waals surface area contributed by atoms with E-state index >= 15 is 0 Å². The maximum atomic E-state index is 13.5.